The minimum atomic E-state index is -3.92. The van der Waals surface area contributed by atoms with Gasteiger partial charge in [0.05, 0.1) is 9.79 Å². The molecule has 1 aromatic carbocycles. The molecule has 2 atom stereocenters. The normalized spacial score (nSPS) is 26.7. The summed E-state index contributed by atoms with van der Waals surface area (Å²) in [5.74, 6) is 0.425. The maximum absolute atomic E-state index is 13.0. The number of nitrogens with zero attached hydrogens (tertiary/aromatic N) is 1. The van der Waals surface area contributed by atoms with Crippen molar-refractivity contribution in [3.8, 4) is 0 Å². The van der Waals surface area contributed by atoms with Crippen molar-refractivity contribution in [2.24, 2.45) is 11.1 Å². The summed E-state index contributed by atoms with van der Waals surface area (Å²) in [4.78, 5) is -0.161. The molecule has 0 bridgehead atoms. The van der Waals surface area contributed by atoms with Crippen LogP contribution in [0.4, 0.5) is 0 Å². The van der Waals surface area contributed by atoms with Crippen molar-refractivity contribution in [3.63, 3.8) is 0 Å². The third-order valence-electron chi connectivity index (χ3n) is 4.93. The largest absolute Gasteiger partial charge is 0.243 e. The minimum Gasteiger partial charge on any atom is -0.225 e. The first-order valence-electron chi connectivity index (χ1n) is 7.95. The zero-order valence-corrected chi connectivity index (χ0v) is 14.5. The van der Waals surface area contributed by atoms with Crippen LogP contribution in [0.25, 0.3) is 0 Å². The van der Waals surface area contributed by atoms with E-state index in [0.717, 1.165) is 44.6 Å². The highest BCUT2D eigenvalue weighted by atomic mass is 32.2. The van der Waals surface area contributed by atoms with E-state index in [2.05, 4.69) is 0 Å². The molecular weight excluding hydrogens is 336 g/mol. The van der Waals surface area contributed by atoms with E-state index in [1.54, 1.807) is 4.31 Å². The van der Waals surface area contributed by atoms with Crippen LogP contribution in [0.15, 0.2) is 34.1 Å². The summed E-state index contributed by atoms with van der Waals surface area (Å²) in [7, 11) is -7.62. The minimum absolute atomic E-state index is 0.00949. The predicted octanol–water partition coefficient (Wildman–Crippen LogP) is 1.68. The molecule has 1 aliphatic heterocycles. The molecule has 2 fully saturated rings. The standard InChI is InChI=1S/C15H22N2O4S2/c16-22(18,19)13-7-3-8-14(11-13)23(20,21)17-10-4-6-12-5-1-2-9-15(12)17/h3,7-8,11-12,15H,1-2,4-6,9-10H2,(H2,16,18,19). The molecule has 1 saturated heterocycles. The van der Waals surface area contributed by atoms with Gasteiger partial charge in [0.1, 0.15) is 0 Å². The highest BCUT2D eigenvalue weighted by molar-refractivity contribution is 7.90. The summed E-state index contributed by atoms with van der Waals surface area (Å²) in [5, 5.41) is 5.12. The van der Waals surface area contributed by atoms with Crippen molar-refractivity contribution >= 4 is 20.0 Å². The van der Waals surface area contributed by atoms with Crippen molar-refractivity contribution in [1.82, 2.24) is 4.31 Å². The van der Waals surface area contributed by atoms with E-state index < -0.39 is 20.0 Å². The number of primary sulfonamides is 1. The summed E-state index contributed by atoms with van der Waals surface area (Å²) < 4.78 is 50.6. The highest BCUT2D eigenvalue weighted by Crippen LogP contribution is 2.38. The second-order valence-electron chi connectivity index (χ2n) is 6.39. The van der Waals surface area contributed by atoms with Crippen LogP contribution in [0.5, 0.6) is 0 Å². The van der Waals surface area contributed by atoms with E-state index in [-0.39, 0.29) is 15.8 Å². The maximum Gasteiger partial charge on any atom is 0.243 e. The van der Waals surface area contributed by atoms with E-state index >= 15 is 0 Å². The summed E-state index contributed by atoms with van der Waals surface area (Å²) in [6.45, 7) is 0.503. The van der Waals surface area contributed by atoms with Gasteiger partial charge < -0.3 is 0 Å². The van der Waals surface area contributed by atoms with Gasteiger partial charge in [0.15, 0.2) is 0 Å². The smallest absolute Gasteiger partial charge is 0.225 e. The monoisotopic (exact) mass is 358 g/mol. The fraction of sp³-hybridized carbons (Fsp3) is 0.600. The lowest BCUT2D eigenvalue weighted by atomic mass is 9.79. The molecule has 0 aromatic heterocycles. The SMILES string of the molecule is NS(=O)(=O)c1cccc(S(=O)(=O)N2CCCC3CCCCC32)c1. The van der Waals surface area contributed by atoms with Crippen molar-refractivity contribution in [2.45, 2.75) is 54.4 Å². The number of rotatable bonds is 3. The topological polar surface area (TPSA) is 97.5 Å². The molecule has 2 N–H and O–H groups in total. The van der Waals surface area contributed by atoms with E-state index in [0.29, 0.717) is 12.5 Å². The average Bonchev–Trinajstić information content (AvgIpc) is 2.53. The van der Waals surface area contributed by atoms with E-state index in [1.807, 2.05) is 0 Å². The third-order valence-corrected chi connectivity index (χ3v) is 7.76. The van der Waals surface area contributed by atoms with Crippen LogP contribution in [0.1, 0.15) is 38.5 Å². The molecule has 2 unspecified atom stereocenters. The van der Waals surface area contributed by atoms with Gasteiger partial charge in [-0.2, -0.15) is 4.31 Å². The van der Waals surface area contributed by atoms with E-state index in [1.165, 1.54) is 18.2 Å². The van der Waals surface area contributed by atoms with Gasteiger partial charge in [0.25, 0.3) is 0 Å². The zero-order chi connectivity index (χ0) is 16.7. The van der Waals surface area contributed by atoms with Gasteiger partial charge in [-0.25, -0.2) is 22.0 Å². The molecule has 1 heterocycles. The van der Waals surface area contributed by atoms with Gasteiger partial charge in [-0.1, -0.05) is 18.9 Å². The number of benzene rings is 1. The van der Waals surface area contributed by atoms with Crippen LogP contribution in [-0.4, -0.2) is 33.7 Å². The van der Waals surface area contributed by atoms with Gasteiger partial charge in [-0.15, -0.1) is 0 Å². The summed E-state index contributed by atoms with van der Waals surface area (Å²) >= 11 is 0. The number of fused-ring (bicyclic) bond motifs is 1. The fourth-order valence-electron chi connectivity index (χ4n) is 3.82. The van der Waals surface area contributed by atoms with Gasteiger partial charge >= 0.3 is 0 Å². The molecule has 1 aromatic rings. The van der Waals surface area contributed by atoms with Crippen LogP contribution in [-0.2, 0) is 20.0 Å². The fourth-order valence-corrected chi connectivity index (χ4v) is 6.26. The Morgan fingerprint density at radius 3 is 2.35 bits per heavy atom. The molecule has 23 heavy (non-hydrogen) atoms. The van der Waals surface area contributed by atoms with Crippen LogP contribution in [0.2, 0.25) is 0 Å². The van der Waals surface area contributed by atoms with E-state index in [9.17, 15) is 16.8 Å². The Labute approximate surface area is 137 Å². The molecule has 2 aliphatic rings. The first kappa shape index (κ1) is 16.9. The molecule has 6 nitrogen and oxygen atoms in total. The summed E-state index contributed by atoms with van der Waals surface area (Å²) in [5.41, 5.74) is 0. The molecule has 8 heteroatoms. The Hall–Kier alpha value is -0.960. The molecular formula is C15H22N2O4S2. The summed E-state index contributed by atoms with van der Waals surface area (Å²) in [6.07, 6.45) is 6.11. The van der Waals surface area contributed by atoms with Crippen LogP contribution >= 0.6 is 0 Å². The van der Waals surface area contributed by atoms with Crippen molar-refractivity contribution in [2.75, 3.05) is 6.54 Å². The Morgan fingerprint density at radius 2 is 1.61 bits per heavy atom. The lowest BCUT2D eigenvalue weighted by molar-refractivity contribution is 0.129. The molecule has 0 spiro atoms. The number of sulfonamides is 2. The predicted molar refractivity (Wildman–Crippen MR) is 86.7 cm³/mol. The van der Waals surface area contributed by atoms with Crippen molar-refractivity contribution < 1.29 is 16.8 Å². The number of hydrogen-bond acceptors (Lipinski definition) is 4. The highest BCUT2D eigenvalue weighted by Gasteiger charge is 2.40. The average molecular weight is 358 g/mol. The Bertz CT molecular complexity index is 787. The molecule has 3 rings (SSSR count). The van der Waals surface area contributed by atoms with Crippen LogP contribution in [0.3, 0.4) is 0 Å². The van der Waals surface area contributed by atoms with Gasteiger partial charge in [-0.3, -0.25) is 0 Å². The molecule has 1 aliphatic carbocycles. The van der Waals surface area contributed by atoms with Crippen LogP contribution < -0.4 is 5.14 Å². The van der Waals surface area contributed by atoms with Gasteiger partial charge in [0, 0.05) is 12.6 Å². The first-order valence-corrected chi connectivity index (χ1v) is 10.9. The number of nitrogens with two attached hydrogens (primary N) is 1. The van der Waals surface area contributed by atoms with Crippen molar-refractivity contribution in [3.05, 3.63) is 24.3 Å². The Kier molecular flexibility index (Phi) is 4.52. The van der Waals surface area contributed by atoms with Gasteiger partial charge in [-0.05, 0) is 49.8 Å². The molecule has 0 amide bonds. The quantitative estimate of drug-likeness (QED) is 0.889. The van der Waals surface area contributed by atoms with E-state index in [4.69, 9.17) is 5.14 Å². The number of piperidine rings is 1. The number of hydrogen-bond donors (Lipinski definition) is 1. The Balaban J connectivity index is 1.98. The summed E-state index contributed by atoms with van der Waals surface area (Å²) in [6, 6.07) is 5.39. The zero-order valence-electron chi connectivity index (χ0n) is 12.9. The second-order valence-corrected chi connectivity index (χ2v) is 9.84. The lowest BCUT2D eigenvalue weighted by Crippen LogP contribution is -2.49. The van der Waals surface area contributed by atoms with Crippen LogP contribution in [0, 0.1) is 5.92 Å². The molecule has 0 radical (unpaired) electrons. The second kappa shape index (κ2) is 6.16. The maximum atomic E-state index is 13.0. The molecule has 1 saturated carbocycles. The van der Waals surface area contributed by atoms with Gasteiger partial charge in [0.2, 0.25) is 20.0 Å². The lowest BCUT2D eigenvalue weighted by Gasteiger charge is -2.43. The molecule has 128 valence electrons. The third kappa shape index (κ3) is 3.31. The van der Waals surface area contributed by atoms with Crippen molar-refractivity contribution in [1.29, 1.82) is 0 Å². The first-order chi connectivity index (χ1) is 10.8. The Morgan fingerprint density at radius 1 is 0.957 bits per heavy atom.